The fourth-order valence-corrected chi connectivity index (χ4v) is 3.03. The topological polar surface area (TPSA) is 29.0 Å². The van der Waals surface area contributed by atoms with Crippen molar-refractivity contribution < 1.29 is 0 Å². The molecule has 1 aliphatic rings. The third-order valence-corrected chi connectivity index (χ3v) is 5.08. The van der Waals surface area contributed by atoms with E-state index in [0.717, 1.165) is 34.7 Å². The highest BCUT2D eigenvalue weighted by Gasteiger charge is 2.17. The maximum Gasteiger partial charge on any atom is 0.227 e. The molecule has 0 saturated carbocycles. The number of hydrogen-bond donors (Lipinski definition) is 0. The van der Waals surface area contributed by atoms with Gasteiger partial charge < -0.3 is 4.90 Å². The van der Waals surface area contributed by atoms with Gasteiger partial charge in [-0.15, -0.1) is 0 Å². The molecule has 5 heteroatoms. The van der Waals surface area contributed by atoms with E-state index in [4.69, 9.17) is 16.6 Å². The molecule has 0 atom stereocenters. The lowest BCUT2D eigenvalue weighted by Gasteiger charge is -2.21. The molecule has 1 aliphatic heterocycles. The molecule has 2 heterocycles. The molecule has 2 rings (SSSR count). The van der Waals surface area contributed by atoms with Crippen LogP contribution in [0.25, 0.3) is 0 Å². The molecule has 19 heavy (non-hydrogen) atoms. The van der Waals surface area contributed by atoms with Gasteiger partial charge in [0.15, 0.2) is 0 Å². The number of hydrogen-bond acceptors (Lipinski definition) is 3. The Morgan fingerprint density at radius 1 is 1.16 bits per heavy atom. The molecular weight excluding hydrogens is 373 g/mol. The number of aromatic nitrogens is 2. The first-order valence-electron chi connectivity index (χ1n) is 7.04. The third kappa shape index (κ3) is 4.18. The normalized spacial score (nSPS) is 16.8. The van der Waals surface area contributed by atoms with Crippen LogP contribution >= 0.6 is 34.2 Å². The summed E-state index contributed by atoms with van der Waals surface area (Å²) in [4.78, 5) is 11.5. The Balaban J connectivity index is 2.26. The van der Waals surface area contributed by atoms with E-state index in [1.54, 1.807) is 0 Å². The molecule has 1 saturated heterocycles. The molecule has 0 aliphatic carbocycles. The van der Waals surface area contributed by atoms with Gasteiger partial charge in [-0.25, -0.2) is 4.98 Å². The molecule has 0 spiro atoms. The molecule has 1 fully saturated rings. The Morgan fingerprint density at radius 2 is 1.79 bits per heavy atom. The highest BCUT2D eigenvalue weighted by atomic mass is 127. The van der Waals surface area contributed by atoms with Crippen LogP contribution in [0.2, 0.25) is 5.15 Å². The zero-order chi connectivity index (χ0) is 13.8. The number of nitrogens with zero attached hydrogens (tertiary/aromatic N) is 3. The fraction of sp³-hybridized carbons (Fsp3) is 0.714. The predicted octanol–water partition coefficient (Wildman–Crippen LogP) is 4.31. The van der Waals surface area contributed by atoms with Gasteiger partial charge in [-0.2, -0.15) is 4.98 Å². The van der Waals surface area contributed by atoms with Crippen molar-refractivity contribution in [1.29, 1.82) is 0 Å². The number of anilines is 1. The van der Waals surface area contributed by atoms with E-state index in [2.05, 4.69) is 46.3 Å². The summed E-state index contributed by atoms with van der Waals surface area (Å²) in [5, 5.41) is 0.602. The smallest absolute Gasteiger partial charge is 0.227 e. The average Bonchev–Trinajstić information content (AvgIpc) is 2.63. The van der Waals surface area contributed by atoms with Gasteiger partial charge in [-0.1, -0.05) is 38.3 Å². The van der Waals surface area contributed by atoms with Crippen LogP contribution in [0.4, 0.5) is 5.95 Å². The van der Waals surface area contributed by atoms with E-state index in [9.17, 15) is 0 Å². The van der Waals surface area contributed by atoms with Gasteiger partial charge in [-0.3, -0.25) is 0 Å². The van der Waals surface area contributed by atoms with E-state index in [-0.39, 0.29) is 0 Å². The van der Waals surface area contributed by atoms with Crippen LogP contribution in [0.1, 0.15) is 45.2 Å². The van der Waals surface area contributed by atoms with Crippen molar-refractivity contribution in [2.45, 2.75) is 46.0 Å². The first kappa shape index (κ1) is 15.3. The molecule has 1 aromatic heterocycles. The van der Waals surface area contributed by atoms with Gasteiger partial charge in [-0.05, 0) is 47.8 Å². The lowest BCUT2D eigenvalue weighted by Crippen LogP contribution is -2.26. The van der Waals surface area contributed by atoms with Crippen molar-refractivity contribution in [3.8, 4) is 0 Å². The Hall–Kier alpha value is -0.100. The molecule has 0 amide bonds. The van der Waals surface area contributed by atoms with Crippen molar-refractivity contribution in [3.63, 3.8) is 0 Å². The van der Waals surface area contributed by atoms with Crippen LogP contribution < -0.4 is 4.90 Å². The highest BCUT2D eigenvalue weighted by Crippen LogP contribution is 2.25. The zero-order valence-electron chi connectivity index (χ0n) is 11.6. The molecule has 0 aromatic carbocycles. The van der Waals surface area contributed by atoms with Gasteiger partial charge in [0.25, 0.3) is 0 Å². The second-order valence-electron chi connectivity index (χ2n) is 5.57. The molecular formula is C14H21ClIN3. The quantitative estimate of drug-likeness (QED) is 0.566. The Labute approximate surface area is 134 Å². The third-order valence-electron chi connectivity index (χ3n) is 3.36. The van der Waals surface area contributed by atoms with E-state index in [1.807, 2.05) is 0 Å². The number of halogens is 2. The van der Waals surface area contributed by atoms with Gasteiger partial charge >= 0.3 is 0 Å². The van der Waals surface area contributed by atoms with Crippen LogP contribution in [0, 0.1) is 9.49 Å². The minimum Gasteiger partial charge on any atom is -0.341 e. The summed E-state index contributed by atoms with van der Waals surface area (Å²) >= 11 is 8.54. The van der Waals surface area contributed by atoms with Gasteiger partial charge in [0, 0.05) is 13.1 Å². The van der Waals surface area contributed by atoms with Crippen molar-refractivity contribution in [3.05, 3.63) is 14.4 Å². The molecule has 1 aromatic rings. The van der Waals surface area contributed by atoms with E-state index in [0.29, 0.717) is 11.1 Å². The van der Waals surface area contributed by atoms with Crippen LogP contribution in [0.15, 0.2) is 0 Å². The lowest BCUT2D eigenvalue weighted by atomic mass is 10.1. The minimum absolute atomic E-state index is 0.580. The summed E-state index contributed by atoms with van der Waals surface area (Å²) in [5.74, 6) is 1.40. The Bertz CT molecular complexity index is 429. The van der Waals surface area contributed by atoms with Crippen LogP contribution in [0.5, 0.6) is 0 Å². The van der Waals surface area contributed by atoms with Crippen LogP contribution in [0.3, 0.4) is 0 Å². The highest BCUT2D eigenvalue weighted by molar-refractivity contribution is 14.1. The maximum atomic E-state index is 6.28. The van der Waals surface area contributed by atoms with Crippen molar-refractivity contribution in [2.75, 3.05) is 18.0 Å². The average molecular weight is 394 g/mol. The van der Waals surface area contributed by atoms with E-state index in [1.165, 1.54) is 25.7 Å². The predicted molar refractivity (Wildman–Crippen MR) is 89.0 cm³/mol. The van der Waals surface area contributed by atoms with Gasteiger partial charge in [0.1, 0.15) is 5.15 Å². The first-order valence-corrected chi connectivity index (χ1v) is 8.50. The fourth-order valence-electron chi connectivity index (χ4n) is 2.38. The summed E-state index contributed by atoms with van der Waals surface area (Å²) in [5.41, 5.74) is 1.09. The molecule has 106 valence electrons. The Kier molecular flexibility index (Phi) is 5.69. The SMILES string of the molecule is CC(C)Cc1nc(N2CCCCCC2)nc(Cl)c1I. The first-order chi connectivity index (χ1) is 9.08. The molecule has 0 N–H and O–H groups in total. The van der Waals surface area contributed by atoms with Crippen molar-refractivity contribution in [2.24, 2.45) is 5.92 Å². The Morgan fingerprint density at radius 3 is 2.37 bits per heavy atom. The summed E-state index contributed by atoms with van der Waals surface area (Å²) in [6.45, 7) is 6.52. The monoisotopic (exact) mass is 393 g/mol. The van der Waals surface area contributed by atoms with Crippen molar-refractivity contribution in [1.82, 2.24) is 9.97 Å². The largest absolute Gasteiger partial charge is 0.341 e. The standard InChI is InChI=1S/C14H21ClIN3/c1-10(2)9-11-12(16)13(15)18-14(17-11)19-7-5-3-4-6-8-19/h10H,3-9H2,1-2H3. The second kappa shape index (κ2) is 7.07. The molecule has 3 nitrogen and oxygen atoms in total. The number of rotatable bonds is 3. The van der Waals surface area contributed by atoms with Crippen LogP contribution in [-0.4, -0.2) is 23.1 Å². The second-order valence-corrected chi connectivity index (χ2v) is 7.01. The summed E-state index contributed by atoms with van der Waals surface area (Å²) in [7, 11) is 0. The summed E-state index contributed by atoms with van der Waals surface area (Å²) in [6, 6.07) is 0. The summed E-state index contributed by atoms with van der Waals surface area (Å²) < 4.78 is 1.01. The van der Waals surface area contributed by atoms with E-state index >= 15 is 0 Å². The zero-order valence-corrected chi connectivity index (χ0v) is 14.5. The molecule has 0 radical (unpaired) electrons. The minimum atomic E-state index is 0.580. The van der Waals surface area contributed by atoms with Crippen molar-refractivity contribution >= 4 is 40.1 Å². The summed E-state index contributed by atoms with van der Waals surface area (Å²) in [6.07, 6.45) is 6.04. The van der Waals surface area contributed by atoms with Crippen LogP contribution in [-0.2, 0) is 6.42 Å². The lowest BCUT2D eigenvalue weighted by molar-refractivity contribution is 0.628. The van der Waals surface area contributed by atoms with Gasteiger partial charge in [0.05, 0.1) is 9.26 Å². The van der Waals surface area contributed by atoms with Gasteiger partial charge in [0.2, 0.25) is 5.95 Å². The van der Waals surface area contributed by atoms with E-state index < -0.39 is 0 Å². The molecule has 0 bridgehead atoms. The maximum absolute atomic E-state index is 6.28. The molecule has 0 unspecified atom stereocenters.